The van der Waals surface area contributed by atoms with Crippen molar-refractivity contribution in [2.75, 3.05) is 13.1 Å². The van der Waals surface area contributed by atoms with Crippen LogP contribution in [0.3, 0.4) is 0 Å². The second-order valence-corrected chi connectivity index (χ2v) is 5.89. The molecular formula is C17H24N2. The quantitative estimate of drug-likeness (QED) is 0.891. The van der Waals surface area contributed by atoms with E-state index in [4.69, 9.17) is 0 Å². The summed E-state index contributed by atoms with van der Waals surface area (Å²) in [6.45, 7) is 4.62. The second-order valence-electron chi connectivity index (χ2n) is 5.89. The Morgan fingerprint density at radius 3 is 3.00 bits per heavy atom. The number of benzene rings is 1. The molecule has 1 unspecified atom stereocenters. The highest BCUT2D eigenvalue weighted by atomic mass is 14.9. The Bertz CT molecular complexity index is 562. The highest BCUT2D eigenvalue weighted by Crippen LogP contribution is 2.26. The summed E-state index contributed by atoms with van der Waals surface area (Å²) < 4.78 is 2.28. The summed E-state index contributed by atoms with van der Waals surface area (Å²) in [5.74, 6) is 0.810. The van der Waals surface area contributed by atoms with Crippen molar-refractivity contribution in [3.8, 4) is 0 Å². The maximum absolute atomic E-state index is 3.53. The third-order valence-electron chi connectivity index (χ3n) is 4.45. The molecule has 102 valence electrons. The van der Waals surface area contributed by atoms with Crippen LogP contribution in [-0.4, -0.2) is 17.7 Å². The predicted molar refractivity (Wildman–Crippen MR) is 81.6 cm³/mol. The van der Waals surface area contributed by atoms with Gasteiger partial charge in [-0.3, -0.25) is 0 Å². The van der Waals surface area contributed by atoms with Crippen molar-refractivity contribution in [3.05, 3.63) is 35.5 Å². The van der Waals surface area contributed by atoms with Gasteiger partial charge in [-0.1, -0.05) is 13.0 Å². The van der Waals surface area contributed by atoms with E-state index in [0.29, 0.717) is 0 Å². The lowest BCUT2D eigenvalue weighted by Gasteiger charge is -2.22. The summed E-state index contributed by atoms with van der Waals surface area (Å²) in [7, 11) is 2.16. The van der Waals surface area contributed by atoms with Gasteiger partial charge in [-0.25, -0.2) is 0 Å². The lowest BCUT2D eigenvalue weighted by molar-refractivity contribution is 0.376. The molecule has 3 rings (SSSR count). The highest BCUT2D eigenvalue weighted by molar-refractivity contribution is 5.84. The fraction of sp³-hybridized carbons (Fsp3) is 0.529. The number of piperidine rings is 1. The van der Waals surface area contributed by atoms with E-state index in [2.05, 4.69) is 48.3 Å². The monoisotopic (exact) mass is 256 g/mol. The number of fused-ring (bicyclic) bond motifs is 1. The lowest BCUT2D eigenvalue weighted by Crippen LogP contribution is -2.30. The number of nitrogens with one attached hydrogen (secondary N) is 1. The number of aromatic nitrogens is 1. The van der Waals surface area contributed by atoms with Crippen LogP contribution < -0.4 is 5.32 Å². The second kappa shape index (κ2) is 5.38. The molecule has 1 aliphatic heterocycles. The zero-order valence-corrected chi connectivity index (χ0v) is 12.1. The Morgan fingerprint density at radius 2 is 2.26 bits per heavy atom. The van der Waals surface area contributed by atoms with Crippen LogP contribution in [0.5, 0.6) is 0 Å². The fourth-order valence-corrected chi connectivity index (χ4v) is 3.31. The molecule has 1 N–H and O–H groups in total. The van der Waals surface area contributed by atoms with Crippen LogP contribution in [0.2, 0.25) is 0 Å². The van der Waals surface area contributed by atoms with Gasteiger partial charge in [0, 0.05) is 24.1 Å². The largest absolute Gasteiger partial charge is 0.350 e. The third-order valence-corrected chi connectivity index (χ3v) is 4.45. The average Bonchev–Trinajstić information content (AvgIpc) is 2.76. The first kappa shape index (κ1) is 12.7. The van der Waals surface area contributed by atoms with Crippen LogP contribution in [0.25, 0.3) is 10.9 Å². The van der Waals surface area contributed by atoms with Gasteiger partial charge in [0.25, 0.3) is 0 Å². The van der Waals surface area contributed by atoms with E-state index in [9.17, 15) is 0 Å². The SMILES string of the molecule is CCc1ccc2c(c1)c(CC1CCCNC1)cn2C. The van der Waals surface area contributed by atoms with Gasteiger partial charge in [-0.05, 0) is 68.0 Å². The number of hydrogen-bond donors (Lipinski definition) is 1. The Balaban J connectivity index is 1.93. The van der Waals surface area contributed by atoms with E-state index in [-0.39, 0.29) is 0 Å². The van der Waals surface area contributed by atoms with Gasteiger partial charge in [0.15, 0.2) is 0 Å². The Kier molecular flexibility index (Phi) is 3.61. The lowest BCUT2D eigenvalue weighted by atomic mass is 9.92. The summed E-state index contributed by atoms with van der Waals surface area (Å²) in [4.78, 5) is 0. The van der Waals surface area contributed by atoms with Gasteiger partial charge in [-0.2, -0.15) is 0 Å². The van der Waals surface area contributed by atoms with Crippen molar-refractivity contribution >= 4 is 10.9 Å². The van der Waals surface area contributed by atoms with Crippen LogP contribution in [-0.2, 0) is 19.9 Å². The van der Waals surface area contributed by atoms with E-state index in [0.717, 1.165) is 12.3 Å². The average molecular weight is 256 g/mol. The van der Waals surface area contributed by atoms with Crippen LogP contribution >= 0.6 is 0 Å². The Hall–Kier alpha value is -1.28. The smallest absolute Gasteiger partial charge is 0.0480 e. The zero-order chi connectivity index (χ0) is 13.2. The van der Waals surface area contributed by atoms with E-state index in [1.807, 2.05) is 0 Å². The molecule has 0 spiro atoms. The normalized spacial score (nSPS) is 20.0. The molecule has 2 heterocycles. The van der Waals surface area contributed by atoms with Crippen LogP contribution in [0, 0.1) is 5.92 Å². The van der Waals surface area contributed by atoms with Crippen molar-refractivity contribution in [2.24, 2.45) is 13.0 Å². The maximum Gasteiger partial charge on any atom is 0.0480 e. The molecule has 0 aliphatic carbocycles. The van der Waals surface area contributed by atoms with E-state index in [1.54, 1.807) is 0 Å². The molecule has 1 aliphatic rings. The van der Waals surface area contributed by atoms with Crippen molar-refractivity contribution < 1.29 is 0 Å². The van der Waals surface area contributed by atoms with Crippen molar-refractivity contribution in [1.82, 2.24) is 9.88 Å². The number of hydrogen-bond acceptors (Lipinski definition) is 1. The molecule has 1 atom stereocenters. The molecule has 1 aromatic heterocycles. The van der Waals surface area contributed by atoms with Crippen molar-refractivity contribution in [3.63, 3.8) is 0 Å². The molecular weight excluding hydrogens is 232 g/mol. The number of aryl methyl sites for hydroxylation is 2. The van der Waals surface area contributed by atoms with Gasteiger partial charge < -0.3 is 9.88 Å². The molecule has 1 aromatic carbocycles. The van der Waals surface area contributed by atoms with E-state index < -0.39 is 0 Å². The van der Waals surface area contributed by atoms with Crippen molar-refractivity contribution in [2.45, 2.75) is 32.6 Å². The first-order valence-electron chi connectivity index (χ1n) is 7.55. The van der Waals surface area contributed by atoms with Crippen LogP contribution in [0.4, 0.5) is 0 Å². The van der Waals surface area contributed by atoms with Gasteiger partial charge >= 0.3 is 0 Å². The fourth-order valence-electron chi connectivity index (χ4n) is 3.31. The first-order valence-corrected chi connectivity index (χ1v) is 7.55. The standard InChI is InChI=1S/C17H24N2/c1-3-13-6-7-17-16(10-13)15(12-19(17)2)9-14-5-4-8-18-11-14/h6-7,10,12,14,18H,3-5,8-9,11H2,1-2H3. The van der Waals surface area contributed by atoms with Gasteiger partial charge in [-0.15, -0.1) is 0 Å². The van der Waals surface area contributed by atoms with Crippen LogP contribution in [0.1, 0.15) is 30.9 Å². The zero-order valence-electron chi connectivity index (χ0n) is 12.1. The summed E-state index contributed by atoms with van der Waals surface area (Å²) in [5.41, 5.74) is 4.35. The molecule has 19 heavy (non-hydrogen) atoms. The molecule has 1 saturated heterocycles. The van der Waals surface area contributed by atoms with Gasteiger partial charge in [0.1, 0.15) is 0 Å². The van der Waals surface area contributed by atoms with Crippen LogP contribution in [0.15, 0.2) is 24.4 Å². The van der Waals surface area contributed by atoms with Gasteiger partial charge in [0.05, 0.1) is 0 Å². The minimum absolute atomic E-state index is 0.810. The molecule has 0 bridgehead atoms. The van der Waals surface area contributed by atoms with Gasteiger partial charge in [0.2, 0.25) is 0 Å². The predicted octanol–water partition coefficient (Wildman–Crippen LogP) is 3.28. The van der Waals surface area contributed by atoms with E-state index in [1.165, 1.54) is 54.4 Å². The minimum Gasteiger partial charge on any atom is -0.350 e. The molecule has 1 fully saturated rings. The Morgan fingerprint density at radius 1 is 1.37 bits per heavy atom. The molecule has 0 saturated carbocycles. The Labute approximate surface area is 115 Å². The molecule has 2 heteroatoms. The summed E-state index contributed by atoms with van der Waals surface area (Å²) in [5, 5.41) is 4.99. The highest BCUT2D eigenvalue weighted by Gasteiger charge is 2.16. The van der Waals surface area contributed by atoms with Crippen molar-refractivity contribution in [1.29, 1.82) is 0 Å². The maximum atomic E-state index is 3.53. The first-order chi connectivity index (χ1) is 9.28. The molecule has 2 aromatic rings. The summed E-state index contributed by atoms with van der Waals surface area (Å²) in [6, 6.07) is 6.92. The summed E-state index contributed by atoms with van der Waals surface area (Å²) in [6.07, 6.45) is 7.37. The molecule has 0 radical (unpaired) electrons. The molecule has 2 nitrogen and oxygen atoms in total. The minimum atomic E-state index is 0.810. The third kappa shape index (κ3) is 2.55. The summed E-state index contributed by atoms with van der Waals surface area (Å²) >= 11 is 0. The number of nitrogens with zero attached hydrogens (tertiary/aromatic N) is 1. The number of rotatable bonds is 3. The topological polar surface area (TPSA) is 17.0 Å². The van der Waals surface area contributed by atoms with E-state index >= 15 is 0 Å². The molecule has 0 amide bonds.